The molecule has 1 saturated carbocycles. The third-order valence-corrected chi connectivity index (χ3v) is 4.41. The van der Waals surface area contributed by atoms with Gasteiger partial charge in [0.1, 0.15) is 5.82 Å². The number of para-hydroxylation sites is 1. The molecule has 4 heteroatoms. The van der Waals surface area contributed by atoms with Gasteiger partial charge in [0.15, 0.2) is 0 Å². The van der Waals surface area contributed by atoms with E-state index in [1.165, 1.54) is 12.0 Å². The summed E-state index contributed by atoms with van der Waals surface area (Å²) in [5.41, 5.74) is 3.16. The van der Waals surface area contributed by atoms with Gasteiger partial charge in [-0.05, 0) is 43.5 Å². The number of benzene rings is 1. The summed E-state index contributed by atoms with van der Waals surface area (Å²) in [6, 6.07) is 11.9. The van der Waals surface area contributed by atoms with Crippen LogP contribution in [0.3, 0.4) is 0 Å². The smallest absolute Gasteiger partial charge is 0.228 e. The molecule has 1 aliphatic carbocycles. The zero-order chi connectivity index (χ0) is 16.1. The fraction of sp³-hybridized carbons (Fsp3) is 0.368. The summed E-state index contributed by atoms with van der Waals surface area (Å²) in [5, 5.41) is 6.28. The first-order valence-corrected chi connectivity index (χ1v) is 8.32. The third kappa shape index (κ3) is 4.09. The van der Waals surface area contributed by atoms with Crippen LogP contribution >= 0.6 is 0 Å². The van der Waals surface area contributed by atoms with Crippen molar-refractivity contribution in [2.45, 2.75) is 39.0 Å². The number of nitrogens with zero attached hydrogens (tertiary/aromatic N) is 1. The number of hydrogen-bond acceptors (Lipinski definition) is 3. The SMILES string of the molecule is Cc1ccccc1Nc1ccc(NC(=O)C2CCCCC2)nc1. The number of pyridine rings is 1. The van der Waals surface area contributed by atoms with Gasteiger partial charge in [-0.15, -0.1) is 0 Å². The van der Waals surface area contributed by atoms with Gasteiger partial charge in [-0.25, -0.2) is 4.98 Å². The molecular formula is C19H23N3O. The molecule has 0 atom stereocenters. The van der Waals surface area contributed by atoms with Gasteiger partial charge >= 0.3 is 0 Å². The maximum absolute atomic E-state index is 12.2. The zero-order valence-corrected chi connectivity index (χ0v) is 13.5. The van der Waals surface area contributed by atoms with Crippen molar-refractivity contribution in [3.63, 3.8) is 0 Å². The summed E-state index contributed by atoms with van der Waals surface area (Å²) in [6.07, 6.45) is 7.32. The van der Waals surface area contributed by atoms with E-state index < -0.39 is 0 Å². The van der Waals surface area contributed by atoms with Crippen LogP contribution in [0, 0.1) is 12.8 Å². The Bertz CT molecular complexity index is 661. The molecule has 0 radical (unpaired) electrons. The van der Waals surface area contributed by atoms with Gasteiger partial charge in [-0.1, -0.05) is 37.5 Å². The maximum atomic E-state index is 12.2. The summed E-state index contributed by atoms with van der Waals surface area (Å²) in [5.74, 6) is 0.878. The van der Waals surface area contributed by atoms with E-state index in [2.05, 4.69) is 28.6 Å². The highest BCUT2D eigenvalue weighted by Gasteiger charge is 2.21. The molecule has 3 rings (SSSR count). The van der Waals surface area contributed by atoms with E-state index in [4.69, 9.17) is 0 Å². The van der Waals surface area contributed by atoms with Crippen LogP contribution in [-0.4, -0.2) is 10.9 Å². The first kappa shape index (κ1) is 15.5. The van der Waals surface area contributed by atoms with E-state index in [-0.39, 0.29) is 11.8 Å². The van der Waals surface area contributed by atoms with E-state index in [0.29, 0.717) is 5.82 Å². The van der Waals surface area contributed by atoms with Crippen LogP contribution in [0.5, 0.6) is 0 Å². The second-order valence-electron chi connectivity index (χ2n) is 6.20. The quantitative estimate of drug-likeness (QED) is 0.864. The van der Waals surface area contributed by atoms with Gasteiger partial charge in [0, 0.05) is 11.6 Å². The van der Waals surface area contributed by atoms with Gasteiger partial charge in [-0.3, -0.25) is 4.79 Å². The van der Waals surface area contributed by atoms with Crippen molar-refractivity contribution in [2.75, 3.05) is 10.6 Å². The van der Waals surface area contributed by atoms with Gasteiger partial charge in [0.05, 0.1) is 11.9 Å². The number of amides is 1. The van der Waals surface area contributed by atoms with Gasteiger partial charge in [0.2, 0.25) is 5.91 Å². The molecule has 0 unspecified atom stereocenters. The minimum Gasteiger partial charge on any atom is -0.354 e. The summed E-state index contributed by atoms with van der Waals surface area (Å²) >= 11 is 0. The third-order valence-electron chi connectivity index (χ3n) is 4.41. The second kappa shape index (κ2) is 7.27. The van der Waals surface area contributed by atoms with E-state index in [1.807, 2.05) is 30.3 Å². The Morgan fingerprint density at radius 2 is 1.87 bits per heavy atom. The van der Waals surface area contributed by atoms with E-state index in [1.54, 1.807) is 6.20 Å². The molecule has 0 bridgehead atoms. The molecule has 1 aliphatic rings. The van der Waals surface area contributed by atoms with Crippen molar-refractivity contribution < 1.29 is 4.79 Å². The molecule has 2 N–H and O–H groups in total. The Morgan fingerprint density at radius 3 is 2.57 bits per heavy atom. The summed E-state index contributed by atoms with van der Waals surface area (Å²) in [6.45, 7) is 2.06. The van der Waals surface area contributed by atoms with Crippen LogP contribution in [0.25, 0.3) is 0 Å². The monoisotopic (exact) mass is 309 g/mol. The Kier molecular flexibility index (Phi) is 4.91. The average Bonchev–Trinajstić information content (AvgIpc) is 2.59. The minimum atomic E-state index is 0.108. The lowest BCUT2D eigenvalue weighted by Crippen LogP contribution is -2.25. The summed E-state index contributed by atoms with van der Waals surface area (Å²) < 4.78 is 0. The van der Waals surface area contributed by atoms with E-state index in [0.717, 1.165) is 37.1 Å². The van der Waals surface area contributed by atoms with Crippen LogP contribution in [0.15, 0.2) is 42.6 Å². The molecule has 2 aromatic rings. The van der Waals surface area contributed by atoms with Crippen LogP contribution in [0.2, 0.25) is 0 Å². The average molecular weight is 309 g/mol. The molecule has 1 heterocycles. The molecule has 0 spiro atoms. The number of hydrogen-bond donors (Lipinski definition) is 2. The fourth-order valence-electron chi connectivity index (χ4n) is 3.00. The molecule has 0 saturated heterocycles. The molecule has 0 aliphatic heterocycles. The second-order valence-corrected chi connectivity index (χ2v) is 6.20. The highest BCUT2D eigenvalue weighted by atomic mass is 16.1. The van der Waals surface area contributed by atoms with Crippen molar-refractivity contribution in [3.8, 4) is 0 Å². The predicted molar refractivity (Wildman–Crippen MR) is 93.9 cm³/mol. The van der Waals surface area contributed by atoms with Crippen molar-refractivity contribution in [1.29, 1.82) is 0 Å². The Labute approximate surface area is 137 Å². The lowest BCUT2D eigenvalue weighted by molar-refractivity contribution is -0.120. The molecule has 1 aromatic carbocycles. The van der Waals surface area contributed by atoms with Crippen LogP contribution < -0.4 is 10.6 Å². The highest BCUT2D eigenvalue weighted by molar-refractivity contribution is 5.91. The zero-order valence-electron chi connectivity index (χ0n) is 13.5. The number of carbonyl (C=O) groups excluding carboxylic acids is 1. The Balaban J connectivity index is 1.60. The van der Waals surface area contributed by atoms with Gasteiger partial charge in [-0.2, -0.15) is 0 Å². The lowest BCUT2D eigenvalue weighted by Gasteiger charge is -2.20. The molecular weight excluding hydrogens is 286 g/mol. The number of aryl methyl sites for hydroxylation is 1. The Hall–Kier alpha value is -2.36. The first-order valence-electron chi connectivity index (χ1n) is 8.32. The minimum absolute atomic E-state index is 0.108. The molecule has 1 aromatic heterocycles. The number of anilines is 3. The Morgan fingerprint density at radius 1 is 1.09 bits per heavy atom. The maximum Gasteiger partial charge on any atom is 0.228 e. The number of aromatic nitrogens is 1. The molecule has 1 fully saturated rings. The number of carbonyl (C=O) groups is 1. The van der Waals surface area contributed by atoms with E-state index in [9.17, 15) is 4.79 Å². The van der Waals surface area contributed by atoms with Crippen molar-refractivity contribution >= 4 is 23.1 Å². The fourth-order valence-corrected chi connectivity index (χ4v) is 3.00. The normalized spacial score (nSPS) is 15.2. The molecule has 23 heavy (non-hydrogen) atoms. The van der Waals surface area contributed by atoms with Crippen LogP contribution in [0.1, 0.15) is 37.7 Å². The van der Waals surface area contributed by atoms with Crippen molar-refractivity contribution in [3.05, 3.63) is 48.2 Å². The molecule has 4 nitrogen and oxygen atoms in total. The predicted octanol–water partition coefficient (Wildman–Crippen LogP) is 4.65. The standard InChI is InChI=1S/C19H23N3O/c1-14-7-5-6-10-17(14)21-16-11-12-18(20-13-16)22-19(23)15-8-3-2-4-9-15/h5-7,10-13,15,21H,2-4,8-9H2,1H3,(H,20,22,23). The summed E-state index contributed by atoms with van der Waals surface area (Å²) in [4.78, 5) is 16.6. The van der Waals surface area contributed by atoms with Crippen molar-refractivity contribution in [2.24, 2.45) is 5.92 Å². The first-order chi connectivity index (χ1) is 11.2. The van der Waals surface area contributed by atoms with Crippen LogP contribution in [0.4, 0.5) is 17.2 Å². The highest BCUT2D eigenvalue weighted by Crippen LogP contribution is 2.25. The van der Waals surface area contributed by atoms with Crippen molar-refractivity contribution in [1.82, 2.24) is 4.98 Å². The largest absolute Gasteiger partial charge is 0.354 e. The number of rotatable bonds is 4. The topological polar surface area (TPSA) is 54.0 Å². The van der Waals surface area contributed by atoms with Gasteiger partial charge in [0.25, 0.3) is 0 Å². The molecule has 1 amide bonds. The number of nitrogens with one attached hydrogen (secondary N) is 2. The van der Waals surface area contributed by atoms with Crippen LogP contribution in [-0.2, 0) is 4.79 Å². The molecule has 120 valence electrons. The van der Waals surface area contributed by atoms with E-state index >= 15 is 0 Å². The summed E-state index contributed by atoms with van der Waals surface area (Å²) in [7, 11) is 0. The van der Waals surface area contributed by atoms with Gasteiger partial charge < -0.3 is 10.6 Å². The lowest BCUT2D eigenvalue weighted by atomic mass is 9.89.